The molecule has 2 aromatic rings. The van der Waals surface area contributed by atoms with Crippen molar-refractivity contribution in [2.45, 2.75) is 19.9 Å². The van der Waals surface area contributed by atoms with Crippen molar-refractivity contribution in [3.05, 3.63) is 64.2 Å². The molecule has 124 valence electrons. The molecule has 0 saturated heterocycles. The van der Waals surface area contributed by atoms with E-state index in [0.717, 1.165) is 17.9 Å². The maximum atomic E-state index is 12.9. The first-order valence-electron chi connectivity index (χ1n) is 7.95. The molecule has 0 spiro atoms. The van der Waals surface area contributed by atoms with Crippen LogP contribution in [0.15, 0.2) is 48.5 Å². The van der Waals surface area contributed by atoms with E-state index in [9.17, 15) is 14.9 Å². The van der Waals surface area contributed by atoms with Gasteiger partial charge >= 0.3 is 0 Å². The quantitative estimate of drug-likeness (QED) is 0.640. The van der Waals surface area contributed by atoms with Crippen LogP contribution in [-0.4, -0.2) is 30.0 Å². The van der Waals surface area contributed by atoms with Crippen molar-refractivity contribution < 1.29 is 9.72 Å². The zero-order chi connectivity index (χ0) is 17.3. The number of carbonyl (C=O) groups is 1. The van der Waals surface area contributed by atoms with Gasteiger partial charge in [-0.1, -0.05) is 12.1 Å². The Balaban J connectivity index is 1.96. The highest BCUT2D eigenvalue weighted by Crippen LogP contribution is 2.35. The van der Waals surface area contributed by atoms with Crippen molar-refractivity contribution in [3.63, 3.8) is 0 Å². The fourth-order valence-corrected chi connectivity index (χ4v) is 3.19. The highest BCUT2D eigenvalue weighted by molar-refractivity contribution is 6.08. The second-order valence-corrected chi connectivity index (χ2v) is 5.84. The molecule has 0 bridgehead atoms. The summed E-state index contributed by atoms with van der Waals surface area (Å²) in [6, 6.07) is 13.8. The van der Waals surface area contributed by atoms with E-state index in [1.807, 2.05) is 24.3 Å². The highest BCUT2D eigenvalue weighted by Gasteiger charge is 2.31. The molecule has 1 atom stereocenters. The van der Waals surface area contributed by atoms with Gasteiger partial charge in [-0.2, -0.15) is 0 Å². The highest BCUT2D eigenvalue weighted by atomic mass is 16.6. The number of nitrogens with zero attached hydrogens (tertiary/aromatic N) is 3. The van der Waals surface area contributed by atoms with Crippen molar-refractivity contribution in [1.82, 2.24) is 0 Å². The van der Waals surface area contributed by atoms with Crippen molar-refractivity contribution in [3.8, 4) is 0 Å². The van der Waals surface area contributed by atoms with Gasteiger partial charge in [0.2, 0.25) is 0 Å². The Morgan fingerprint density at radius 2 is 1.79 bits per heavy atom. The van der Waals surface area contributed by atoms with Gasteiger partial charge in [-0.15, -0.1) is 0 Å². The zero-order valence-electron chi connectivity index (χ0n) is 13.7. The Hall–Kier alpha value is -2.89. The Morgan fingerprint density at radius 3 is 2.38 bits per heavy atom. The third-order valence-electron chi connectivity index (χ3n) is 4.37. The largest absolute Gasteiger partial charge is 0.366 e. The number of carbonyl (C=O) groups excluding carboxylic acids is 1. The van der Waals surface area contributed by atoms with E-state index in [1.165, 1.54) is 24.3 Å². The first-order chi connectivity index (χ1) is 11.5. The maximum absolute atomic E-state index is 12.9. The zero-order valence-corrected chi connectivity index (χ0v) is 13.7. The lowest BCUT2D eigenvalue weighted by Crippen LogP contribution is -2.49. The lowest BCUT2D eigenvalue weighted by Gasteiger charge is -2.42. The molecule has 1 unspecified atom stereocenters. The minimum atomic E-state index is -0.467. The van der Waals surface area contributed by atoms with Gasteiger partial charge in [0.25, 0.3) is 11.6 Å². The molecule has 1 heterocycles. The average molecular weight is 325 g/mol. The maximum Gasteiger partial charge on any atom is 0.269 e. The number of anilines is 2. The van der Waals surface area contributed by atoms with Crippen molar-refractivity contribution in [2.75, 3.05) is 22.9 Å². The van der Waals surface area contributed by atoms with Gasteiger partial charge in [0.1, 0.15) is 0 Å². The van der Waals surface area contributed by atoms with Gasteiger partial charge in [-0.3, -0.25) is 14.9 Å². The lowest BCUT2D eigenvalue weighted by molar-refractivity contribution is -0.384. The first-order valence-corrected chi connectivity index (χ1v) is 7.95. The molecule has 6 nitrogen and oxygen atoms in total. The predicted octanol–water partition coefficient (Wildman–Crippen LogP) is 3.47. The fourth-order valence-electron chi connectivity index (χ4n) is 3.19. The molecule has 0 radical (unpaired) electrons. The van der Waals surface area contributed by atoms with Crippen LogP contribution in [0, 0.1) is 10.1 Å². The molecule has 2 aromatic carbocycles. The molecule has 1 aliphatic heterocycles. The second-order valence-electron chi connectivity index (χ2n) is 5.84. The average Bonchev–Trinajstić information content (AvgIpc) is 2.60. The standard InChI is InChI=1S/C18H19N3O3/c1-3-19-13(2)12-20(17-7-5-4-6-16(17)19)18(22)14-8-10-15(11-9-14)21(23)24/h4-11,13H,3,12H2,1-2H3. The van der Waals surface area contributed by atoms with Gasteiger partial charge < -0.3 is 9.80 Å². The van der Waals surface area contributed by atoms with E-state index in [1.54, 1.807) is 4.90 Å². The van der Waals surface area contributed by atoms with Crippen LogP contribution in [0.3, 0.4) is 0 Å². The predicted molar refractivity (Wildman–Crippen MR) is 93.7 cm³/mol. The molecular weight excluding hydrogens is 306 g/mol. The molecule has 1 aliphatic rings. The number of fused-ring (bicyclic) bond motifs is 1. The molecule has 0 fully saturated rings. The SMILES string of the molecule is CCN1c2ccccc2N(C(=O)c2ccc([N+](=O)[O-])cc2)CC1C. The lowest BCUT2D eigenvalue weighted by atomic mass is 10.1. The Kier molecular flexibility index (Phi) is 4.20. The minimum absolute atomic E-state index is 0.0175. The van der Waals surface area contributed by atoms with Gasteiger partial charge in [0, 0.05) is 36.8 Å². The van der Waals surface area contributed by atoms with Gasteiger partial charge in [0.05, 0.1) is 16.3 Å². The minimum Gasteiger partial charge on any atom is -0.366 e. The summed E-state index contributed by atoms with van der Waals surface area (Å²) in [6.07, 6.45) is 0. The number of likely N-dealkylation sites (N-methyl/N-ethyl adjacent to an activating group) is 1. The first kappa shape index (κ1) is 16.0. The van der Waals surface area contributed by atoms with E-state index in [4.69, 9.17) is 0 Å². The fraction of sp³-hybridized carbons (Fsp3) is 0.278. The van der Waals surface area contributed by atoms with Crippen LogP contribution >= 0.6 is 0 Å². The number of nitro benzene ring substituents is 1. The van der Waals surface area contributed by atoms with E-state index in [0.29, 0.717) is 12.1 Å². The van der Waals surface area contributed by atoms with Gasteiger partial charge in [-0.25, -0.2) is 0 Å². The third kappa shape index (κ3) is 2.71. The van der Waals surface area contributed by atoms with Crippen LogP contribution in [0.2, 0.25) is 0 Å². The van der Waals surface area contributed by atoms with Gasteiger partial charge in [0.15, 0.2) is 0 Å². The Labute approximate surface area is 140 Å². The number of hydrogen-bond acceptors (Lipinski definition) is 4. The molecule has 3 rings (SSSR count). The van der Waals surface area contributed by atoms with Gasteiger partial charge in [-0.05, 0) is 38.1 Å². The van der Waals surface area contributed by atoms with Crippen LogP contribution in [0.1, 0.15) is 24.2 Å². The summed E-state index contributed by atoms with van der Waals surface area (Å²) in [5.74, 6) is -0.139. The van der Waals surface area contributed by atoms with Crippen LogP contribution < -0.4 is 9.80 Å². The third-order valence-corrected chi connectivity index (χ3v) is 4.37. The molecule has 0 N–H and O–H groups in total. The second kappa shape index (κ2) is 6.31. The smallest absolute Gasteiger partial charge is 0.269 e. The van der Waals surface area contributed by atoms with E-state index in [-0.39, 0.29) is 17.6 Å². The molecule has 24 heavy (non-hydrogen) atoms. The number of benzene rings is 2. The Morgan fingerprint density at radius 1 is 1.17 bits per heavy atom. The number of non-ortho nitro benzene ring substituents is 1. The number of rotatable bonds is 3. The van der Waals surface area contributed by atoms with Crippen LogP contribution in [0.25, 0.3) is 0 Å². The summed E-state index contributed by atoms with van der Waals surface area (Å²) in [6.45, 7) is 5.65. The molecule has 0 saturated carbocycles. The van der Waals surface area contributed by atoms with E-state index in [2.05, 4.69) is 18.7 Å². The van der Waals surface area contributed by atoms with E-state index < -0.39 is 4.92 Å². The Bertz CT molecular complexity index is 773. The molecular formula is C18H19N3O3. The number of nitro groups is 1. The normalized spacial score (nSPS) is 16.7. The number of hydrogen-bond donors (Lipinski definition) is 0. The molecule has 1 amide bonds. The van der Waals surface area contributed by atoms with Crippen LogP contribution in [-0.2, 0) is 0 Å². The topological polar surface area (TPSA) is 66.7 Å². The van der Waals surface area contributed by atoms with Crippen molar-refractivity contribution >= 4 is 23.0 Å². The summed E-state index contributed by atoms with van der Waals surface area (Å²) >= 11 is 0. The van der Waals surface area contributed by atoms with Crippen molar-refractivity contribution in [1.29, 1.82) is 0 Å². The monoisotopic (exact) mass is 325 g/mol. The molecule has 0 aromatic heterocycles. The van der Waals surface area contributed by atoms with Crippen LogP contribution in [0.5, 0.6) is 0 Å². The summed E-state index contributed by atoms with van der Waals surface area (Å²) in [4.78, 5) is 27.2. The molecule has 6 heteroatoms. The number of amides is 1. The summed E-state index contributed by atoms with van der Waals surface area (Å²) in [7, 11) is 0. The van der Waals surface area contributed by atoms with Crippen LogP contribution in [0.4, 0.5) is 17.1 Å². The van der Waals surface area contributed by atoms with Crippen molar-refractivity contribution in [2.24, 2.45) is 0 Å². The summed E-state index contributed by atoms with van der Waals surface area (Å²) in [5, 5.41) is 10.8. The molecule has 0 aliphatic carbocycles. The summed E-state index contributed by atoms with van der Waals surface area (Å²) in [5.41, 5.74) is 2.35. The number of para-hydroxylation sites is 2. The summed E-state index contributed by atoms with van der Waals surface area (Å²) < 4.78 is 0. The van der Waals surface area contributed by atoms with E-state index >= 15 is 0 Å².